The molecule has 1 heterocycles. The van der Waals surface area contributed by atoms with E-state index in [1.165, 1.54) is 4.57 Å². The standard InChI is InChI=1S/C21H16N2O3.BBr3/c24-18-10-6-16(7-11-18)22-14-15-23(21(22)25)17-8-12-20(13-9-17)26-19-4-2-1-3-5-19;2-1(3)4/h1-15,24H;. The lowest BCUT2D eigenvalue weighted by Crippen LogP contribution is -2.21. The maximum absolute atomic E-state index is 12.7. The van der Waals surface area contributed by atoms with Gasteiger partial charge in [-0.25, -0.2) is 4.79 Å². The lowest BCUT2D eigenvalue weighted by atomic mass is 10.3. The Labute approximate surface area is 198 Å². The van der Waals surface area contributed by atoms with E-state index >= 15 is 0 Å². The second kappa shape index (κ2) is 10.7. The first-order chi connectivity index (χ1) is 14.4. The van der Waals surface area contributed by atoms with Gasteiger partial charge >= 0.3 is 8.87 Å². The Balaban J connectivity index is 0.000000589. The first-order valence-electron chi connectivity index (χ1n) is 8.79. The van der Waals surface area contributed by atoms with Gasteiger partial charge in [0, 0.05) is 12.4 Å². The largest absolute Gasteiger partial charge is 0.508 e. The van der Waals surface area contributed by atoms with Gasteiger partial charge in [-0.3, -0.25) is 9.13 Å². The minimum atomic E-state index is -0.188. The normalized spacial score (nSPS) is 10.1. The van der Waals surface area contributed by atoms with Crippen molar-refractivity contribution in [3.05, 3.63) is 102 Å². The summed E-state index contributed by atoms with van der Waals surface area (Å²) in [5, 5.41) is 9.38. The third-order valence-corrected chi connectivity index (χ3v) is 4.00. The SMILES string of the molecule is BrB(Br)Br.O=c1n(-c2ccc(O)cc2)ccn1-c1ccc(Oc2ccccc2)cc1. The van der Waals surface area contributed by atoms with Crippen LogP contribution >= 0.6 is 47.3 Å². The Kier molecular flexibility index (Phi) is 8.01. The third kappa shape index (κ3) is 6.14. The molecule has 0 unspecified atom stereocenters. The van der Waals surface area contributed by atoms with Gasteiger partial charge in [-0.1, -0.05) is 18.2 Å². The van der Waals surface area contributed by atoms with Crippen LogP contribution in [0.3, 0.4) is 0 Å². The summed E-state index contributed by atoms with van der Waals surface area (Å²) in [6.45, 7) is 0. The lowest BCUT2D eigenvalue weighted by Gasteiger charge is -2.07. The summed E-state index contributed by atoms with van der Waals surface area (Å²) in [7, 11) is 0. The highest BCUT2D eigenvalue weighted by molar-refractivity contribution is 9.69. The molecule has 0 atom stereocenters. The van der Waals surface area contributed by atoms with Crippen LogP contribution in [0, 0.1) is 0 Å². The van der Waals surface area contributed by atoms with Gasteiger partial charge < -0.3 is 9.84 Å². The number of aromatic hydroxyl groups is 1. The maximum atomic E-state index is 12.7. The molecule has 0 saturated heterocycles. The Morgan fingerprint density at radius 3 is 1.63 bits per heavy atom. The highest BCUT2D eigenvalue weighted by Crippen LogP contribution is 2.22. The van der Waals surface area contributed by atoms with Crippen molar-refractivity contribution in [2.75, 3.05) is 0 Å². The zero-order valence-corrected chi connectivity index (χ0v) is 20.3. The minimum absolute atomic E-state index is 0.162. The van der Waals surface area contributed by atoms with Crippen LogP contribution in [0.15, 0.2) is 96.1 Å². The number of ether oxygens (including phenoxy) is 1. The van der Waals surface area contributed by atoms with Crippen molar-refractivity contribution in [3.8, 4) is 28.6 Å². The molecular formula is C21H16BBr3N2O3. The molecular weight excluding hydrogens is 579 g/mol. The predicted molar refractivity (Wildman–Crippen MR) is 132 cm³/mol. The summed E-state index contributed by atoms with van der Waals surface area (Å²) in [4.78, 5) is 12.7. The summed E-state index contributed by atoms with van der Waals surface area (Å²) < 4.78 is 9.12. The molecule has 4 rings (SSSR count). The Morgan fingerprint density at radius 1 is 0.700 bits per heavy atom. The second-order valence-electron chi connectivity index (χ2n) is 5.99. The average Bonchev–Trinajstić information content (AvgIpc) is 3.11. The van der Waals surface area contributed by atoms with Crippen molar-refractivity contribution < 1.29 is 9.84 Å². The van der Waals surface area contributed by atoms with E-state index in [4.69, 9.17) is 4.74 Å². The molecule has 0 radical (unpaired) electrons. The van der Waals surface area contributed by atoms with Crippen molar-refractivity contribution in [2.45, 2.75) is 0 Å². The summed E-state index contributed by atoms with van der Waals surface area (Å²) in [6.07, 6.45) is 3.41. The number of hydrogen-bond donors (Lipinski definition) is 1. The molecule has 0 aliphatic rings. The topological polar surface area (TPSA) is 56.4 Å². The molecule has 1 aromatic heterocycles. The van der Waals surface area contributed by atoms with Gasteiger partial charge in [0.1, 0.15) is 17.2 Å². The Morgan fingerprint density at radius 2 is 1.13 bits per heavy atom. The van der Waals surface area contributed by atoms with Gasteiger partial charge in [0.15, 0.2) is 0 Å². The number of phenols is 1. The molecule has 0 fully saturated rings. The third-order valence-electron chi connectivity index (χ3n) is 4.00. The number of benzene rings is 3. The summed E-state index contributed by atoms with van der Waals surface area (Å²) in [5.74, 6) is 1.62. The van der Waals surface area contributed by atoms with Gasteiger partial charge in [-0.2, -0.15) is 0 Å². The van der Waals surface area contributed by atoms with Gasteiger partial charge in [-0.15, -0.1) is 47.3 Å². The first-order valence-corrected chi connectivity index (χ1v) is 11.5. The molecule has 0 amide bonds. The fourth-order valence-corrected chi connectivity index (χ4v) is 2.68. The van der Waals surface area contributed by atoms with Crippen LogP contribution in [0.25, 0.3) is 11.4 Å². The highest BCUT2D eigenvalue weighted by atomic mass is 79.9. The highest BCUT2D eigenvalue weighted by Gasteiger charge is 2.07. The molecule has 1 N–H and O–H groups in total. The minimum Gasteiger partial charge on any atom is -0.508 e. The number of imidazole rings is 1. The summed E-state index contributed by atoms with van der Waals surface area (Å²) in [5.41, 5.74) is 1.25. The number of phenolic OH excluding ortho intramolecular Hbond substituents is 1. The lowest BCUT2D eigenvalue weighted by molar-refractivity contribution is 0.475. The zero-order chi connectivity index (χ0) is 21.5. The predicted octanol–water partition coefficient (Wildman–Crippen LogP) is 6.28. The van der Waals surface area contributed by atoms with E-state index < -0.39 is 0 Å². The fraction of sp³-hybridized carbons (Fsp3) is 0. The van der Waals surface area contributed by atoms with Crippen LogP contribution in [-0.2, 0) is 0 Å². The van der Waals surface area contributed by atoms with E-state index in [9.17, 15) is 9.90 Å². The number of rotatable bonds is 4. The first kappa shape index (κ1) is 22.5. The maximum Gasteiger partial charge on any atom is 0.369 e. The molecule has 5 nitrogen and oxygen atoms in total. The van der Waals surface area contributed by atoms with Crippen molar-refractivity contribution >= 4 is 50.5 Å². The van der Waals surface area contributed by atoms with Gasteiger partial charge in [-0.05, 0) is 60.7 Å². The molecule has 0 aliphatic heterocycles. The summed E-state index contributed by atoms with van der Waals surface area (Å²) >= 11 is 9.31. The van der Waals surface area contributed by atoms with Crippen molar-refractivity contribution in [3.63, 3.8) is 0 Å². The molecule has 9 heteroatoms. The van der Waals surface area contributed by atoms with Crippen molar-refractivity contribution in [1.29, 1.82) is 0 Å². The van der Waals surface area contributed by atoms with Crippen LogP contribution < -0.4 is 10.4 Å². The van der Waals surface area contributed by atoms with E-state index in [0.29, 0.717) is 11.4 Å². The molecule has 0 saturated carbocycles. The molecule has 152 valence electrons. The van der Waals surface area contributed by atoms with E-state index in [1.54, 1.807) is 41.2 Å². The van der Waals surface area contributed by atoms with Gasteiger partial charge in [0.05, 0.1) is 11.4 Å². The van der Waals surface area contributed by atoms with E-state index in [2.05, 4.69) is 47.3 Å². The van der Waals surface area contributed by atoms with E-state index in [1.807, 2.05) is 54.6 Å². The van der Waals surface area contributed by atoms with Crippen LogP contribution in [-0.4, -0.2) is 17.4 Å². The van der Waals surface area contributed by atoms with Crippen LogP contribution in [0.5, 0.6) is 17.2 Å². The zero-order valence-electron chi connectivity index (χ0n) is 15.5. The second-order valence-corrected chi connectivity index (χ2v) is 12.4. The number of halogens is 3. The number of hydrogen-bond acceptors (Lipinski definition) is 3. The van der Waals surface area contributed by atoms with Gasteiger partial charge in [0.25, 0.3) is 0 Å². The molecule has 4 aromatic rings. The number of nitrogens with zero attached hydrogens (tertiary/aromatic N) is 2. The van der Waals surface area contributed by atoms with E-state index in [0.717, 1.165) is 11.4 Å². The molecule has 0 aliphatic carbocycles. The Hall–Kier alpha value is -2.23. The number of aromatic nitrogens is 2. The van der Waals surface area contributed by atoms with Crippen LogP contribution in [0.2, 0.25) is 0 Å². The Bertz CT molecular complexity index is 1130. The van der Waals surface area contributed by atoms with Crippen molar-refractivity contribution in [1.82, 2.24) is 9.13 Å². The van der Waals surface area contributed by atoms with Crippen molar-refractivity contribution in [2.24, 2.45) is 0 Å². The van der Waals surface area contributed by atoms with Crippen LogP contribution in [0.4, 0.5) is 0 Å². The quantitative estimate of drug-likeness (QED) is 0.283. The molecule has 3 aromatic carbocycles. The van der Waals surface area contributed by atoms with E-state index in [-0.39, 0.29) is 14.6 Å². The average molecular weight is 595 g/mol. The summed E-state index contributed by atoms with van der Waals surface area (Å²) in [6, 6.07) is 23.3. The molecule has 30 heavy (non-hydrogen) atoms. The monoisotopic (exact) mass is 592 g/mol. The molecule has 0 bridgehead atoms. The number of para-hydroxylation sites is 1. The van der Waals surface area contributed by atoms with Crippen LogP contribution in [0.1, 0.15) is 0 Å². The molecule has 0 spiro atoms. The van der Waals surface area contributed by atoms with Gasteiger partial charge in [0.2, 0.25) is 0 Å². The smallest absolute Gasteiger partial charge is 0.369 e. The fourth-order valence-electron chi connectivity index (χ4n) is 2.68.